The zero-order valence-corrected chi connectivity index (χ0v) is 38.7. The van der Waals surface area contributed by atoms with Crippen LogP contribution < -0.4 is 4.90 Å². The summed E-state index contributed by atoms with van der Waals surface area (Å²) in [6.07, 6.45) is 0. The largest absolute Gasteiger partial charge is 0.455 e. The molecule has 332 valence electrons. The zero-order valence-electron chi connectivity index (χ0n) is 38.7. The Bertz CT molecular complexity index is 4310. The van der Waals surface area contributed by atoms with E-state index in [-0.39, 0.29) is 0 Å². The van der Waals surface area contributed by atoms with Crippen molar-refractivity contribution in [3.63, 3.8) is 0 Å². The van der Waals surface area contributed by atoms with Gasteiger partial charge < -0.3 is 13.9 Å². The molecule has 0 aliphatic rings. The Balaban J connectivity index is 0.908. The van der Waals surface area contributed by atoms with Gasteiger partial charge in [0.15, 0.2) is 0 Å². The van der Waals surface area contributed by atoms with Crippen LogP contribution in [0.2, 0.25) is 0 Å². The van der Waals surface area contributed by atoms with Crippen LogP contribution in [0.5, 0.6) is 0 Å². The van der Waals surface area contributed by atoms with E-state index in [0.717, 1.165) is 72.5 Å². The van der Waals surface area contributed by atoms with E-state index in [4.69, 9.17) is 4.42 Å². The van der Waals surface area contributed by atoms with E-state index < -0.39 is 0 Å². The first kappa shape index (κ1) is 40.6. The van der Waals surface area contributed by atoms with Crippen LogP contribution in [0.25, 0.3) is 115 Å². The molecule has 2 heterocycles. The van der Waals surface area contributed by atoms with Gasteiger partial charge in [0.25, 0.3) is 0 Å². The summed E-state index contributed by atoms with van der Waals surface area (Å²) in [7, 11) is 0. The van der Waals surface area contributed by atoms with Crippen LogP contribution in [0, 0.1) is 0 Å². The molecule has 0 unspecified atom stereocenters. The molecule has 0 saturated carbocycles. The molecule has 71 heavy (non-hydrogen) atoms. The second-order valence-electron chi connectivity index (χ2n) is 18.4. The number of benzene rings is 12. The van der Waals surface area contributed by atoms with Gasteiger partial charge in [-0.1, -0.05) is 200 Å². The fourth-order valence-electron chi connectivity index (χ4n) is 11.1. The molecule has 14 aromatic rings. The second-order valence-corrected chi connectivity index (χ2v) is 18.4. The summed E-state index contributed by atoms with van der Waals surface area (Å²) in [5.74, 6) is 0. The van der Waals surface area contributed by atoms with Crippen LogP contribution in [0.3, 0.4) is 0 Å². The molecule has 0 spiro atoms. The van der Waals surface area contributed by atoms with Crippen LogP contribution in [0.15, 0.2) is 271 Å². The maximum Gasteiger partial charge on any atom is 0.143 e. The average Bonchev–Trinajstić information content (AvgIpc) is 4.00. The van der Waals surface area contributed by atoms with Crippen LogP contribution >= 0.6 is 0 Å². The van der Waals surface area contributed by atoms with E-state index in [2.05, 4.69) is 264 Å². The van der Waals surface area contributed by atoms with Gasteiger partial charge in [0, 0.05) is 49.7 Å². The normalized spacial score (nSPS) is 11.7. The Kier molecular flexibility index (Phi) is 9.53. The minimum absolute atomic E-state index is 0.897. The van der Waals surface area contributed by atoms with Gasteiger partial charge in [-0.25, -0.2) is 0 Å². The lowest BCUT2D eigenvalue weighted by Gasteiger charge is -2.27. The lowest BCUT2D eigenvalue weighted by atomic mass is 9.93. The summed E-state index contributed by atoms with van der Waals surface area (Å²) < 4.78 is 8.94. The number of rotatable bonds is 8. The molecule has 0 fully saturated rings. The molecule has 3 heteroatoms. The number of furan rings is 1. The number of nitrogens with zero attached hydrogens (tertiary/aromatic N) is 2. The van der Waals surface area contributed by atoms with Gasteiger partial charge in [-0.3, -0.25) is 0 Å². The molecule has 14 rings (SSSR count). The first-order valence-electron chi connectivity index (χ1n) is 24.3. The molecule has 2 aromatic heterocycles. The zero-order chi connectivity index (χ0) is 46.8. The van der Waals surface area contributed by atoms with Crippen molar-refractivity contribution in [1.82, 2.24) is 4.57 Å². The molecule has 0 aliphatic heterocycles. The van der Waals surface area contributed by atoms with Gasteiger partial charge in [0.2, 0.25) is 0 Å². The third-order valence-electron chi connectivity index (χ3n) is 14.4. The molecule has 12 aromatic carbocycles. The maximum absolute atomic E-state index is 6.51. The van der Waals surface area contributed by atoms with Gasteiger partial charge in [0.1, 0.15) is 11.2 Å². The van der Waals surface area contributed by atoms with E-state index in [0.29, 0.717) is 0 Å². The summed E-state index contributed by atoms with van der Waals surface area (Å²) in [5.41, 5.74) is 17.6. The van der Waals surface area contributed by atoms with Crippen LogP contribution in [-0.2, 0) is 0 Å². The molecule has 0 atom stereocenters. The number of hydrogen-bond donors (Lipinski definition) is 0. The molecule has 3 nitrogen and oxygen atoms in total. The van der Waals surface area contributed by atoms with Gasteiger partial charge >= 0.3 is 0 Å². The van der Waals surface area contributed by atoms with Crippen LogP contribution in [0.4, 0.5) is 17.1 Å². The smallest absolute Gasteiger partial charge is 0.143 e. The van der Waals surface area contributed by atoms with Gasteiger partial charge in [-0.05, 0) is 122 Å². The molecule has 0 amide bonds. The standard InChI is InChI=1S/C68H44N2O/c1-2-21-54-45(16-1)34-35-50-42-48(38-41-56(50)54)47-17-13-19-52(43-47)69(51-39-36-46(37-40-51)57-28-15-29-63-62-27-8-12-33-67(62)71-68(57)63)53-20-14-18-49(44-53)55-22-3-4-23-58(55)59-24-5-9-30-64(59)70-65-31-10-6-25-60(65)61-26-7-11-32-66(61)70/h1-44H. The van der Waals surface area contributed by atoms with E-state index in [1.54, 1.807) is 0 Å². The Hall–Kier alpha value is -9.44. The minimum Gasteiger partial charge on any atom is -0.455 e. The highest BCUT2D eigenvalue weighted by Crippen LogP contribution is 2.44. The number of fused-ring (bicyclic) bond motifs is 9. The molecule has 0 bridgehead atoms. The molecule has 0 aliphatic carbocycles. The maximum atomic E-state index is 6.51. The summed E-state index contributed by atoms with van der Waals surface area (Å²) >= 11 is 0. The predicted octanol–water partition coefficient (Wildman–Crippen LogP) is 19.1. The molecule has 0 saturated heterocycles. The van der Waals surface area contributed by atoms with E-state index in [1.165, 1.54) is 60.0 Å². The topological polar surface area (TPSA) is 21.3 Å². The van der Waals surface area contributed by atoms with Crippen LogP contribution in [-0.4, -0.2) is 4.57 Å². The quantitative estimate of drug-likeness (QED) is 0.142. The highest BCUT2D eigenvalue weighted by molar-refractivity contribution is 6.12. The Morgan fingerprint density at radius 2 is 0.817 bits per heavy atom. The van der Waals surface area contributed by atoms with Crippen molar-refractivity contribution in [1.29, 1.82) is 0 Å². The van der Waals surface area contributed by atoms with E-state index in [1.807, 2.05) is 12.1 Å². The van der Waals surface area contributed by atoms with E-state index in [9.17, 15) is 0 Å². The van der Waals surface area contributed by atoms with Gasteiger partial charge in [0.05, 0.1) is 16.7 Å². The predicted molar refractivity (Wildman–Crippen MR) is 299 cm³/mol. The monoisotopic (exact) mass is 904 g/mol. The SMILES string of the molecule is c1cc(-c2ccc3c(ccc4ccccc43)c2)cc(N(c2ccc(-c3cccc4c3oc3ccccc34)cc2)c2cccc(-c3ccccc3-c3ccccc3-n3c4ccccc4c4ccccc43)c2)c1. The lowest BCUT2D eigenvalue weighted by Crippen LogP contribution is -2.10. The summed E-state index contributed by atoms with van der Waals surface area (Å²) in [6, 6.07) is 96.8. The highest BCUT2D eigenvalue weighted by atomic mass is 16.3. The van der Waals surface area contributed by atoms with Crippen molar-refractivity contribution < 1.29 is 4.42 Å². The highest BCUT2D eigenvalue weighted by Gasteiger charge is 2.20. The Morgan fingerprint density at radius 1 is 0.282 bits per heavy atom. The van der Waals surface area contributed by atoms with Gasteiger partial charge in [-0.15, -0.1) is 0 Å². The number of anilines is 3. The Morgan fingerprint density at radius 3 is 1.61 bits per heavy atom. The fourth-order valence-corrected chi connectivity index (χ4v) is 11.1. The third kappa shape index (κ3) is 6.82. The van der Waals surface area contributed by atoms with Crippen molar-refractivity contribution in [3.05, 3.63) is 267 Å². The lowest BCUT2D eigenvalue weighted by molar-refractivity contribution is 0.670. The van der Waals surface area contributed by atoms with Crippen molar-refractivity contribution in [2.75, 3.05) is 4.90 Å². The van der Waals surface area contributed by atoms with Crippen molar-refractivity contribution in [3.8, 4) is 50.2 Å². The Labute approximate surface area is 411 Å². The summed E-state index contributed by atoms with van der Waals surface area (Å²) in [4.78, 5) is 2.39. The van der Waals surface area contributed by atoms with Crippen LogP contribution in [0.1, 0.15) is 0 Å². The number of para-hydroxylation sites is 5. The number of hydrogen-bond acceptors (Lipinski definition) is 2. The first-order valence-corrected chi connectivity index (χ1v) is 24.3. The molecular formula is C68H44N2O. The second kappa shape index (κ2) is 16.7. The van der Waals surface area contributed by atoms with Gasteiger partial charge in [-0.2, -0.15) is 0 Å². The minimum atomic E-state index is 0.897. The summed E-state index contributed by atoms with van der Waals surface area (Å²) in [5, 5.41) is 9.76. The van der Waals surface area contributed by atoms with E-state index >= 15 is 0 Å². The average molecular weight is 905 g/mol. The summed E-state index contributed by atoms with van der Waals surface area (Å²) in [6.45, 7) is 0. The fraction of sp³-hybridized carbons (Fsp3) is 0. The van der Waals surface area contributed by atoms with Crippen molar-refractivity contribution in [2.45, 2.75) is 0 Å². The number of aromatic nitrogens is 1. The van der Waals surface area contributed by atoms with Crippen molar-refractivity contribution >= 4 is 82.4 Å². The third-order valence-corrected chi connectivity index (χ3v) is 14.4. The molecule has 0 N–H and O–H groups in total. The van der Waals surface area contributed by atoms with Crippen molar-refractivity contribution in [2.24, 2.45) is 0 Å². The molecular weight excluding hydrogens is 861 g/mol. The molecule has 0 radical (unpaired) electrons. The first-order chi connectivity index (χ1) is 35.2.